The van der Waals surface area contributed by atoms with Crippen molar-refractivity contribution in [1.29, 1.82) is 0 Å². The first-order chi connectivity index (χ1) is 14.4. The molecule has 0 unspecified atom stereocenters. The van der Waals surface area contributed by atoms with E-state index in [1.54, 1.807) is 4.90 Å². The normalized spacial score (nSPS) is 18.5. The van der Waals surface area contributed by atoms with Gasteiger partial charge in [0.2, 0.25) is 0 Å². The molecule has 174 valence electrons. The number of likely N-dealkylation sites (tertiary alicyclic amines) is 1. The number of piperidine rings is 1. The third-order valence-electron chi connectivity index (χ3n) is 5.87. The van der Waals surface area contributed by atoms with E-state index in [0.29, 0.717) is 31.6 Å². The van der Waals surface area contributed by atoms with Crippen molar-refractivity contribution < 1.29 is 27.1 Å². The molecule has 0 bridgehead atoms. The summed E-state index contributed by atoms with van der Waals surface area (Å²) in [4.78, 5) is 16.3. The van der Waals surface area contributed by atoms with Crippen LogP contribution in [-0.4, -0.2) is 53.7 Å². The lowest BCUT2D eigenvalue weighted by Gasteiger charge is -2.39. The number of benzene rings is 1. The van der Waals surface area contributed by atoms with Crippen molar-refractivity contribution >= 4 is 6.09 Å². The highest BCUT2D eigenvalue weighted by Crippen LogP contribution is 2.34. The fourth-order valence-corrected chi connectivity index (χ4v) is 4.09. The summed E-state index contributed by atoms with van der Waals surface area (Å²) in [6.45, 7) is 8.00. The molecule has 1 aromatic rings. The van der Waals surface area contributed by atoms with Crippen LogP contribution >= 0.6 is 0 Å². The van der Waals surface area contributed by atoms with Crippen LogP contribution in [0.3, 0.4) is 0 Å². The Kier molecular flexibility index (Phi) is 7.18. The lowest BCUT2D eigenvalue weighted by atomic mass is 10.00. The number of rotatable bonds is 6. The molecule has 31 heavy (non-hydrogen) atoms. The van der Waals surface area contributed by atoms with Gasteiger partial charge in [0, 0.05) is 32.2 Å². The number of hydrogen-bond donors (Lipinski definition) is 0. The van der Waals surface area contributed by atoms with Crippen molar-refractivity contribution in [1.82, 2.24) is 9.80 Å². The van der Waals surface area contributed by atoms with E-state index in [1.165, 1.54) is 6.07 Å². The molecule has 0 atom stereocenters. The molecular formula is C23H32F4N2O2. The summed E-state index contributed by atoms with van der Waals surface area (Å²) in [5, 5.41) is 0. The third-order valence-corrected chi connectivity index (χ3v) is 5.87. The van der Waals surface area contributed by atoms with Gasteiger partial charge in [0.15, 0.2) is 0 Å². The lowest BCUT2D eigenvalue weighted by molar-refractivity contribution is -0.138. The fraction of sp³-hybridized carbons (Fsp3) is 0.696. The molecule has 1 aliphatic heterocycles. The summed E-state index contributed by atoms with van der Waals surface area (Å²) in [6.07, 6.45) is -0.843. The summed E-state index contributed by atoms with van der Waals surface area (Å²) in [5.74, 6) is -0.278. The molecule has 8 heteroatoms. The maximum atomic E-state index is 13.4. The number of carbonyl (C=O) groups excluding carboxylic acids is 1. The largest absolute Gasteiger partial charge is 0.444 e. The van der Waals surface area contributed by atoms with Gasteiger partial charge in [0.1, 0.15) is 11.4 Å². The molecule has 2 fully saturated rings. The molecule has 2 aliphatic rings. The minimum atomic E-state index is -4.57. The Morgan fingerprint density at radius 3 is 2.32 bits per heavy atom. The average molecular weight is 445 g/mol. The maximum Gasteiger partial charge on any atom is 0.416 e. The first-order valence-corrected chi connectivity index (χ1v) is 11.0. The van der Waals surface area contributed by atoms with Gasteiger partial charge in [-0.05, 0) is 76.5 Å². The summed E-state index contributed by atoms with van der Waals surface area (Å²) in [6, 6.07) is 3.14. The number of nitrogens with zero attached hydrogens (tertiary/aromatic N) is 2. The third kappa shape index (κ3) is 7.09. The molecule has 1 aromatic carbocycles. The van der Waals surface area contributed by atoms with Crippen LogP contribution in [-0.2, 0) is 17.3 Å². The number of carbonyl (C=O) groups is 1. The van der Waals surface area contributed by atoms with E-state index in [2.05, 4.69) is 4.90 Å². The van der Waals surface area contributed by atoms with Gasteiger partial charge in [-0.3, -0.25) is 4.90 Å². The van der Waals surface area contributed by atoms with Crippen LogP contribution in [0, 0.1) is 11.7 Å². The molecule has 1 saturated heterocycles. The van der Waals surface area contributed by atoms with Crippen molar-refractivity contribution in [2.24, 2.45) is 5.92 Å². The van der Waals surface area contributed by atoms with Crippen LogP contribution in [0.15, 0.2) is 18.2 Å². The van der Waals surface area contributed by atoms with Gasteiger partial charge in [0.25, 0.3) is 0 Å². The summed E-state index contributed by atoms with van der Waals surface area (Å²) in [5.41, 5.74) is -1.31. The van der Waals surface area contributed by atoms with Crippen LogP contribution in [0.1, 0.15) is 57.6 Å². The molecule has 1 aliphatic carbocycles. The topological polar surface area (TPSA) is 32.8 Å². The number of alkyl halides is 3. The van der Waals surface area contributed by atoms with Gasteiger partial charge in [0.05, 0.1) is 5.56 Å². The van der Waals surface area contributed by atoms with Crippen molar-refractivity contribution in [3.05, 3.63) is 35.1 Å². The Balaban J connectivity index is 1.62. The molecule has 1 saturated carbocycles. The van der Waals surface area contributed by atoms with Crippen molar-refractivity contribution in [2.45, 2.75) is 70.7 Å². The van der Waals surface area contributed by atoms with E-state index in [0.717, 1.165) is 38.3 Å². The van der Waals surface area contributed by atoms with E-state index in [4.69, 9.17) is 4.74 Å². The molecule has 0 aromatic heterocycles. The smallest absolute Gasteiger partial charge is 0.416 e. The second-order valence-corrected chi connectivity index (χ2v) is 9.69. The minimum absolute atomic E-state index is 0.126. The molecule has 4 nitrogen and oxygen atoms in total. The van der Waals surface area contributed by atoms with Crippen LogP contribution in [0.5, 0.6) is 0 Å². The van der Waals surface area contributed by atoms with Crippen LogP contribution in [0.25, 0.3) is 0 Å². The number of halogens is 4. The van der Waals surface area contributed by atoms with E-state index in [9.17, 15) is 22.4 Å². The molecule has 3 rings (SSSR count). The number of amides is 1. The highest BCUT2D eigenvalue weighted by atomic mass is 19.4. The van der Waals surface area contributed by atoms with Crippen LogP contribution in [0.4, 0.5) is 22.4 Å². The van der Waals surface area contributed by atoms with Gasteiger partial charge in [-0.15, -0.1) is 0 Å². The molecule has 0 spiro atoms. The first kappa shape index (κ1) is 23.8. The monoisotopic (exact) mass is 444 g/mol. The SMILES string of the molecule is CC(C)(C)OC(=O)N1CCC(N(CCc2ccc(F)cc2C(F)(F)F)CC2CC2)CC1. The number of ether oxygens (including phenoxy) is 1. The highest BCUT2D eigenvalue weighted by Gasteiger charge is 2.35. The Labute approximate surface area is 181 Å². The van der Waals surface area contributed by atoms with Crippen molar-refractivity contribution in [2.75, 3.05) is 26.2 Å². The lowest BCUT2D eigenvalue weighted by Crippen LogP contribution is -2.49. The zero-order valence-electron chi connectivity index (χ0n) is 18.5. The van der Waals surface area contributed by atoms with Crippen LogP contribution < -0.4 is 0 Å². The summed E-state index contributed by atoms with van der Waals surface area (Å²) >= 11 is 0. The second-order valence-electron chi connectivity index (χ2n) is 9.69. The quantitative estimate of drug-likeness (QED) is 0.544. The summed E-state index contributed by atoms with van der Waals surface area (Å²) < 4.78 is 58.8. The summed E-state index contributed by atoms with van der Waals surface area (Å²) in [7, 11) is 0. The van der Waals surface area contributed by atoms with E-state index >= 15 is 0 Å². The molecule has 0 N–H and O–H groups in total. The molecule has 0 radical (unpaired) electrons. The van der Waals surface area contributed by atoms with E-state index in [1.807, 2.05) is 20.8 Å². The van der Waals surface area contributed by atoms with Crippen molar-refractivity contribution in [3.63, 3.8) is 0 Å². The second kappa shape index (κ2) is 9.35. The maximum absolute atomic E-state index is 13.4. The van der Waals surface area contributed by atoms with Gasteiger partial charge >= 0.3 is 12.3 Å². The zero-order chi connectivity index (χ0) is 22.8. The Morgan fingerprint density at radius 2 is 1.77 bits per heavy atom. The molecular weight excluding hydrogens is 412 g/mol. The van der Waals surface area contributed by atoms with E-state index < -0.39 is 23.2 Å². The van der Waals surface area contributed by atoms with Crippen LogP contribution in [0.2, 0.25) is 0 Å². The van der Waals surface area contributed by atoms with Gasteiger partial charge in [-0.2, -0.15) is 13.2 Å². The standard InChI is InChI=1S/C23H32F4N2O2/c1-22(2,3)31-21(30)28-12-9-19(10-13-28)29(15-16-4-5-16)11-8-17-6-7-18(24)14-20(17)23(25,26)27/h6-7,14,16,19H,4-5,8-13,15H2,1-3H3. The Morgan fingerprint density at radius 1 is 1.13 bits per heavy atom. The Bertz CT molecular complexity index is 764. The fourth-order valence-electron chi connectivity index (χ4n) is 4.09. The first-order valence-electron chi connectivity index (χ1n) is 11.0. The van der Waals surface area contributed by atoms with Gasteiger partial charge in [-0.1, -0.05) is 6.07 Å². The Hall–Kier alpha value is -1.83. The predicted octanol–water partition coefficient (Wildman–Crippen LogP) is 5.50. The minimum Gasteiger partial charge on any atom is -0.444 e. The zero-order valence-corrected chi connectivity index (χ0v) is 18.5. The molecule has 1 amide bonds. The predicted molar refractivity (Wildman–Crippen MR) is 110 cm³/mol. The highest BCUT2D eigenvalue weighted by molar-refractivity contribution is 5.68. The van der Waals surface area contributed by atoms with Gasteiger partial charge < -0.3 is 9.64 Å². The van der Waals surface area contributed by atoms with Gasteiger partial charge in [-0.25, -0.2) is 9.18 Å². The molecule has 1 heterocycles. The van der Waals surface area contributed by atoms with E-state index in [-0.39, 0.29) is 24.1 Å². The average Bonchev–Trinajstić information content (AvgIpc) is 3.48. The number of hydrogen-bond acceptors (Lipinski definition) is 3. The van der Waals surface area contributed by atoms with Crippen molar-refractivity contribution in [3.8, 4) is 0 Å².